The smallest absolute Gasteiger partial charge is 0.266 e. The van der Waals surface area contributed by atoms with E-state index >= 15 is 0 Å². The second kappa shape index (κ2) is 7.33. The Labute approximate surface area is 165 Å². The molecular formula is C23H17BrN2O. The van der Waals surface area contributed by atoms with Gasteiger partial charge < -0.3 is 0 Å². The van der Waals surface area contributed by atoms with Crippen LogP contribution in [0.5, 0.6) is 0 Å². The summed E-state index contributed by atoms with van der Waals surface area (Å²) in [6.07, 6.45) is 3.85. The zero-order valence-corrected chi connectivity index (χ0v) is 16.3. The van der Waals surface area contributed by atoms with E-state index in [0.29, 0.717) is 16.7 Å². The van der Waals surface area contributed by atoms with Crippen molar-refractivity contribution in [1.82, 2.24) is 9.55 Å². The van der Waals surface area contributed by atoms with Crippen LogP contribution < -0.4 is 5.56 Å². The summed E-state index contributed by atoms with van der Waals surface area (Å²) >= 11 is 3.49. The van der Waals surface area contributed by atoms with E-state index in [2.05, 4.69) is 15.9 Å². The number of benzene rings is 3. The highest BCUT2D eigenvalue weighted by molar-refractivity contribution is 9.10. The Morgan fingerprint density at radius 3 is 2.56 bits per heavy atom. The van der Waals surface area contributed by atoms with Crippen LogP contribution in [0.1, 0.15) is 17.0 Å². The van der Waals surface area contributed by atoms with Gasteiger partial charge in [-0.1, -0.05) is 58.4 Å². The zero-order chi connectivity index (χ0) is 18.8. The number of hydrogen-bond donors (Lipinski definition) is 0. The lowest BCUT2D eigenvalue weighted by Gasteiger charge is -2.12. The van der Waals surface area contributed by atoms with Crippen LogP contribution in [0.2, 0.25) is 0 Å². The van der Waals surface area contributed by atoms with Crippen LogP contribution in [0.4, 0.5) is 0 Å². The maximum Gasteiger partial charge on any atom is 0.266 e. The Kier molecular flexibility index (Phi) is 4.73. The summed E-state index contributed by atoms with van der Waals surface area (Å²) in [7, 11) is 0. The molecule has 3 nitrogen and oxygen atoms in total. The molecular weight excluding hydrogens is 400 g/mol. The average molecular weight is 417 g/mol. The number of aryl methyl sites for hydroxylation is 1. The van der Waals surface area contributed by atoms with Gasteiger partial charge in [-0.25, -0.2) is 4.98 Å². The topological polar surface area (TPSA) is 34.9 Å². The molecule has 27 heavy (non-hydrogen) atoms. The summed E-state index contributed by atoms with van der Waals surface area (Å²) in [6, 6.07) is 23.3. The fourth-order valence-corrected chi connectivity index (χ4v) is 3.48. The monoisotopic (exact) mass is 416 g/mol. The van der Waals surface area contributed by atoms with Crippen LogP contribution in [-0.4, -0.2) is 9.55 Å². The second-order valence-electron chi connectivity index (χ2n) is 6.36. The van der Waals surface area contributed by atoms with E-state index in [4.69, 9.17) is 4.98 Å². The van der Waals surface area contributed by atoms with Crippen LogP contribution in [0.3, 0.4) is 0 Å². The molecule has 3 aromatic carbocycles. The largest absolute Gasteiger partial charge is 0.268 e. The first kappa shape index (κ1) is 17.4. The molecule has 0 aliphatic carbocycles. The molecule has 1 aromatic heterocycles. The summed E-state index contributed by atoms with van der Waals surface area (Å²) in [5, 5.41) is 0.610. The van der Waals surface area contributed by atoms with Crippen LogP contribution in [0.15, 0.2) is 82.1 Å². The lowest BCUT2D eigenvalue weighted by molar-refractivity contribution is 0.942. The highest BCUT2D eigenvalue weighted by Gasteiger charge is 2.11. The minimum atomic E-state index is -0.0694. The van der Waals surface area contributed by atoms with Gasteiger partial charge in [-0.05, 0) is 60.5 Å². The van der Waals surface area contributed by atoms with Gasteiger partial charge in [0.15, 0.2) is 0 Å². The molecule has 0 aliphatic heterocycles. The Bertz CT molecular complexity index is 1220. The Balaban J connectivity index is 1.95. The summed E-state index contributed by atoms with van der Waals surface area (Å²) in [4.78, 5) is 18.0. The summed E-state index contributed by atoms with van der Waals surface area (Å²) in [5.41, 5.74) is 3.56. The number of fused-ring (bicyclic) bond motifs is 1. The maximum absolute atomic E-state index is 13.2. The molecule has 0 radical (unpaired) electrons. The van der Waals surface area contributed by atoms with Crippen molar-refractivity contribution < 1.29 is 0 Å². The van der Waals surface area contributed by atoms with Crippen molar-refractivity contribution in [3.63, 3.8) is 0 Å². The Hall–Kier alpha value is -2.98. The molecule has 0 fully saturated rings. The molecule has 0 spiro atoms. The van der Waals surface area contributed by atoms with Crippen LogP contribution in [-0.2, 0) is 0 Å². The number of nitrogens with zero attached hydrogens (tertiary/aromatic N) is 2. The van der Waals surface area contributed by atoms with E-state index in [9.17, 15) is 4.79 Å². The predicted molar refractivity (Wildman–Crippen MR) is 115 cm³/mol. The molecule has 0 saturated heterocycles. The quantitative estimate of drug-likeness (QED) is 0.433. The van der Waals surface area contributed by atoms with Gasteiger partial charge in [0.1, 0.15) is 5.82 Å². The first-order chi connectivity index (χ1) is 13.1. The van der Waals surface area contributed by atoms with Gasteiger partial charge in [0.05, 0.1) is 16.6 Å². The Morgan fingerprint density at radius 2 is 1.74 bits per heavy atom. The van der Waals surface area contributed by atoms with Gasteiger partial charge >= 0.3 is 0 Å². The molecule has 0 atom stereocenters. The van der Waals surface area contributed by atoms with E-state index in [1.54, 1.807) is 4.57 Å². The lowest BCUT2D eigenvalue weighted by Crippen LogP contribution is -2.22. The van der Waals surface area contributed by atoms with Crippen molar-refractivity contribution in [3.8, 4) is 5.69 Å². The first-order valence-corrected chi connectivity index (χ1v) is 9.43. The average Bonchev–Trinajstić information content (AvgIpc) is 2.66. The van der Waals surface area contributed by atoms with E-state index in [0.717, 1.165) is 21.3 Å². The van der Waals surface area contributed by atoms with Gasteiger partial charge in [0.2, 0.25) is 0 Å². The third-order valence-corrected chi connectivity index (χ3v) is 4.83. The summed E-state index contributed by atoms with van der Waals surface area (Å²) < 4.78 is 2.68. The molecule has 4 rings (SSSR count). The molecule has 0 amide bonds. The third-order valence-electron chi connectivity index (χ3n) is 4.34. The fourth-order valence-electron chi connectivity index (χ4n) is 3.06. The fraction of sp³-hybridized carbons (Fsp3) is 0.0435. The van der Waals surface area contributed by atoms with Crippen LogP contribution >= 0.6 is 15.9 Å². The molecule has 0 saturated carbocycles. The second-order valence-corrected chi connectivity index (χ2v) is 7.27. The van der Waals surface area contributed by atoms with Crippen LogP contribution in [0, 0.1) is 6.92 Å². The molecule has 132 valence electrons. The third kappa shape index (κ3) is 3.62. The van der Waals surface area contributed by atoms with Gasteiger partial charge in [-0.15, -0.1) is 0 Å². The van der Waals surface area contributed by atoms with Gasteiger partial charge in [0, 0.05) is 4.47 Å². The zero-order valence-electron chi connectivity index (χ0n) is 14.8. The molecule has 0 N–H and O–H groups in total. The van der Waals surface area contributed by atoms with Gasteiger partial charge in [0.25, 0.3) is 5.56 Å². The van der Waals surface area contributed by atoms with Crippen molar-refractivity contribution in [3.05, 3.63) is 105 Å². The number of aromatic nitrogens is 2. The predicted octanol–water partition coefficient (Wildman–Crippen LogP) is 5.63. The van der Waals surface area contributed by atoms with Crippen molar-refractivity contribution in [2.24, 2.45) is 0 Å². The molecule has 0 bridgehead atoms. The Morgan fingerprint density at radius 1 is 0.926 bits per heavy atom. The molecule has 4 aromatic rings. The van der Waals surface area contributed by atoms with Gasteiger partial charge in [-0.2, -0.15) is 0 Å². The summed E-state index contributed by atoms with van der Waals surface area (Å²) in [6.45, 7) is 2.01. The summed E-state index contributed by atoms with van der Waals surface area (Å²) in [5.74, 6) is 0.601. The molecule has 0 unspecified atom stereocenters. The van der Waals surface area contributed by atoms with E-state index in [1.807, 2.05) is 91.9 Å². The maximum atomic E-state index is 13.2. The highest BCUT2D eigenvalue weighted by Crippen LogP contribution is 2.17. The van der Waals surface area contributed by atoms with Crippen molar-refractivity contribution in [2.75, 3.05) is 0 Å². The molecule has 1 heterocycles. The van der Waals surface area contributed by atoms with Crippen molar-refractivity contribution in [2.45, 2.75) is 6.92 Å². The van der Waals surface area contributed by atoms with E-state index < -0.39 is 0 Å². The van der Waals surface area contributed by atoms with Crippen molar-refractivity contribution >= 4 is 39.0 Å². The van der Waals surface area contributed by atoms with E-state index in [1.165, 1.54) is 0 Å². The standard InChI is InChI=1S/C23H17BrN2O/c1-16-6-4-9-19(14-16)26-22(13-12-17-7-5-8-18(24)15-17)25-21-11-3-2-10-20(21)23(26)27/h2-15H,1H3/b13-12-. The minimum absolute atomic E-state index is 0.0694. The van der Waals surface area contributed by atoms with Crippen LogP contribution in [0.25, 0.3) is 28.7 Å². The SMILES string of the molecule is Cc1cccc(-n2c(/C=C\c3cccc(Br)c3)nc3ccccc3c2=O)c1. The van der Waals surface area contributed by atoms with Gasteiger partial charge in [-0.3, -0.25) is 9.36 Å². The first-order valence-electron chi connectivity index (χ1n) is 8.64. The number of para-hydroxylation sites is 1. The highest BCUT2D eigenvalue weighted by atomic mass is 79.9. The van der Waals surface area contributed by atoms with Crippen molar-refractivity contribution in [1.29, 1.82) is 0 Å². The number of hydrogen-bond acceptors (Lipinski definition) is 2. The molecule has 4 heteroatoms. The number of halogens is 1. The molecule has 0 aliphatic rings. The van der Waals surface area contributed by atoms with E-state index in [-0.39, 0.29) is 5.56 Å². The normalized spacial score (nSPS) is 11.3. The minimum Gasteiger partial charge on any atom is -0.268 e. The number of rotatable bonds is 3. The lowest BCUT2D eigenvalue weighted by atomic mass is 10.2.